The highest BCUT2D eigenvalue weighted by molar-refractivity contribution is 5.76. The molecular formula is C61H117NO5. The van der Waals surface area contributed by atoms with Crippen molar-refractivity contribution in [1.29, 1.82) is 0 Å². The molecule has 396 valence electrons. The molecule has 6 nitrogen and oxygen atoms in total. The number of nitrogens with one attached hydrogen (secondary N) is 1. The average Bonchev–Trinajstić information content (AvgIpc) is 3.33. The topological polar surface area (TPSA) is 95.9 Å². The summed E-state index contributed by atoms with van der Waals surface area (Å²) in [6.07, 6.45) is 68.8. The Morgan fingerprint density at radius 3 is 1.15 bits per heavy atom. The van der Waals surface area contributed by atoms with E-state index in [-0.39, 0.29) is 18.5 Å². The Bertz CT molecular complexity index is 1040. The highest BCUT2D eigenvalue weighted by Crippen LogP contribution is 2.18. The normalized spacial score (nSPS) is 12.7. The molecule has 1 amide bonds. The first-order valence-corrected chi connectivity index (χ1v) is 30.1. The third-order valence-electron chi connectivity index (χ3n) is 14.0. The molecule has 2 unspecified atom stereocenters. The van der Waals surface area contributed by atoms with E-state index in [0.717, 1.165) is 64.2 Å². The highest BCUT2D eigenvalue weighted by Gasteiger charge is 2.20. The minimum Gasteiger partial charge on any atom is -0.466 e. The number of amides is 1. The van der Waals surface area contributed by atoms with Gasteiger partial charge in [0, 0.05) is 12.8 Å². The molecule has 0 aromatic rings. The van der Waals surface area contributed by atoms with Gasteiger partial charge in [-0.25, -0.2) is 0 Å². The Balaban J connectivity index is 3.46. The van der Waals surface area contributed by atoms with Crippen LogP contribution in [0.5, 0.6) is 0 Å². The Kier molecular flexibility index (Phi) is 55.5. The van der Waals surface area contributed by atoms with Crippen molar-refractivity contribution >= 4 is 11.9 Å². The summed E-state index contributed by atoms with van der Waals surface area (Å²) in [6.45, 7) is 4.92. The molecule has 0 aliphatic heterocycles. The van der Waals surface area contributed by atoms with Crippen molar-refractivity contribution < 1.29 is 24.5 Å². The van der Waals surface area contributed by atoms with Gasteiger partial charge in [-0.1, -0.05) is 282 Å². The maximum atomic E-state index is 12.5. The Labute approximate surface area is 418 Å². The molecule has 0 radical (unpaired) electrons. The van der Waals surface area contributed by atoms with Gasteiger partial charge in [-0.15, -0.1) is 0 Å². The smallest absolute Gasteiger partial charge is 0.305 e. The van der Waals surface area contributed by atoms with Crippen molar-refractivity contribution in [2.45, 2.75) is 341 Å². The van der Waals surface area contributed by atoms with Gasteiger partial charge in [0.1, 0.15) is 0 Å². The molecule has 0 heterocycles. The van der Waals surface area contributed by atoms with E-state index >= 15 is 0 Å². The first-order chi connectivity index (χ1) is 33.0. The second-order valence-electron chi connectivity index (χ2n) is 20.7. The quantitative estimate of drug-likeness (QED) is 0.0321. The lowest BCUT2D eigenvalue weighted by atomic mass is 10.0. The van der Waals surface area contributed by atoms with Crippen LogP contribution in [-0.2, 0) is 14.3 Å². The Morgan fingerprint density at radius 1 is 0.418 bits per heavy atom. The number of aliphatic hydroxyl groups excluding tert-OH is 2. The van der Waals surface area contributed by atoms with Gasteiger partial charge >= 0.3 is 5.97 Å². The van der Waals surface area contributed by atoms with Gasteiger partial charge in [0.05, 0.1) is 25.4 Å². The lowest BCUT2D eigenvalue weighted by Crippen LogP contribution is -2.45. The van der Waals surface area contributed by atoms with Crippen molar-refractivity contribution in [3.05, 3.63) is 24.3 Å². The number of aliphatic hydroxyl groups is 2. The van der Waals surface area contributed by atoms with Crippen LogP contribution in [0.2, 0.25) is 0 Å². The van der Waals surface area contributed by atoms with E-state index in [9.17, 15) is 19.8 Å². The molecule has 0 saturated heterocycles. The van der Waals surface area contributed by atoms with Crippen LogP contribution in [0.4, 0.5) is 0 Å². The van der Waals surface area contributed by atoms with E-state index in [2.05, 4.69) is 43.5 Å². The summed E-state index contributed by atoms with van der Waals surface area (Å²) in [7, 11) is 0. The number of esters is 1. The van der Waals surface area contributed by atoms with Crippen molar-refractivity contribution in [3.8, 4) is 0 Å². The molecule has 0 saturated carbocycles. The maximum Gasteiger partial charge on any atom is 0.305 e. The van der Waals surface area contributed by atoms with E-state index in [1.165, 1.54) is 231 Å². The number of allylic oxidation sites excluding steroid dienone is 4. The van der Waals surface area contributed by atoms with E-state index < -0.39 is 12.1 Å². The third-order valence-corrected chi connectivity index (χ3v) is 14.0. The van der Waals surface area contributed by atoms with Gasteiger partial charge in [-0.3, -0.25) is 9.59 Å². The van der Waals surface area contributed by atoms with Gasteiger partial charge in [0.25, 0.3) is 0 Å². The zero-order valence-corrected chi connectivity index (χ0v) is 45.1. The van der Waals surface area contributed by atoms with Crippen LogP contribution in [0.3, 0.4) is 0 Å². The number of rotatable bonds is 56. The van der Waals surface area contributed by atoms with Crippen LogP contribution < -0.4 is 5.32 Å². The average molecular weight is 945 g/mol. The first kappa shape index (κ1) is 65.3. The molecule has 0 aromatic carbocycles. The number of ether oxygens (including phenoxy) is 1. The second-order valence-corrected chi connectivity index (χ2v) is 20.7. The van der Waals surface area contributed by atoms with E-state index in [4.69, 9.17) is 4.74 Å². The summed E-state index contributed by atoms with van der Waals surface area (Å²) in [5.74, 6) is -0.0699. The molecule has 0 spiro atoms. The van der Waals surface area contributed by atoms with Crippen LogP contribution in [0.15, 0.2) is 24.3 Å². The van der Waals surface area contributed by atoms with Gasteiger partial charge in [-0.05, 0) is 57.8 Å². The van der Waals surface area contributed by atoms with Gasteiger partial charge in [-0.2, -0.15) is 0 Å². The number of carbonyl (C=O) groups is 2. The van der Waals surface area contributed by atoms with Crippen LogP contribution in [-0.4, -0.2) is 47.4 Å². The molecule has 0 bridgehead atoms. The molecular weight excluding hydrogens is 827 g/mol. The Morgan fingerprint density at radius 2 is 0.746 bits per heavy atom. The fraction of sp³-hybridized carbons (Fsp3) is 0.902. The number of carbonyl (C=O) groups excluding carboxylic acids is 2. The van der Waals surface area contributed by atoms with Crippen molar-refractivity contribution in [3.63, 3.8) is 0 Å². The molecule has 0 aromatic heterocycles. The van der Waals surface area contributed by atoms with Crippen LogP contribution in [0, 0.1) is 0 Å². The summed E-state index contributed by atoms with van der Waals surface area (Å²) in [4.78, 5) is 24.6. The van der Waals surface area contributed by atoms with Crippen LogP contribution >= 0.6 is 0 Å². The van der Waals surface area contributed by atoms with E-state index in [1.807, 2.05) is 0 Å². The SMILES string of the molecule is CCCCCC/C=C\C/C=C\CCCCCCCC(=O)OCCCCCCCCCCCCCCC(=O)NC(CO)C(O)CCCCCCCCCCCCCCCCCCCCCCCC. The second kappa shape index (κ2) is 56.9. The van der Waals surface area contributed by atoms with Crippen LogP contribution in [0.25, 0.3) is 0 Å². The third kappa shape index (κ3) is 53.5. The lowest BCUT2D eigenvalue weighted by molar-refractivity contribution is -0.143. The predicted octanol–water partition coefficient (Wildman–Crippen LogP) is 18.6. The zero-order valence-electron chi connectivity index (χ0n) is 45.1. The fourth-order valence-corrected chi connectivity index (χ4v) is 9.38. The summed E-state index contributed by atoms with van der Waals surface area (Å²) in [5, 5.41) is 23.4. The van der Waals surface area contributed by atoms with Gasteiger partial charge < -0.3 is 20.3 Å². The number of hydrogen-bond acceptors (Lipinski definition) is 5. The summed E-state index contributed by atoms with van der Waals surface area (Å²) < 4.78 is 5.47. The summed E-state index contributed by atoms with van der Waals surface area (Å²) in [5.41, 5.74) is 0. The van der Waals surface area contributed by atoms with Crippen molar-refractivity contribution in [1.82, 2.24) is 5.32 Å². The fourth-order valence-electron chi connectivity index (χ4n) is 9.38. The maximum absolute atomic E-state index is 12.5. The highest BCUT2D eigenvalue weighted by atomic mass is 16.5. The Hall–Kier alpha value is -1.66. The molecule has 6 heteroatoms. The molecule has 67 heavy (non-hydrogen) atoms. The number of hydrogen-bond donors (Lipinski definition) is 3. The molecule has 0 aliphatic carbocycles. The molecule has 0 fully saturated rings. The van der Waals surface area contributed by atoms with E-state index in [0.29, 0.717) is 25.9 Å². The summed E-state index contributed by atoms with van der Waals surface area (Å²) in [6, 6.07) is -0.555. The molecule has 0 rings (SSSR count). The first-order valence-electron chi connectivity index (χ1n) is 30.1. The van der Waals surface area contributed by atoms with Gasteiger partial charge in [0.15, 0.2) is 0 Å². The minimum atomic E-state index is -0.676. The van der Waals surface area contributed by atoms with Crippen molar-refractivity contribution in [2.24, 2.45) is 0 Å². The summed E-state index contributed by atoms with van der Waals surface area (Å²) >= 11 is 0. The van der Waals surface area contributed by atoms with E-state index in [1.54, 1.807) is 0 Å². The van der Waals surface area contributed by atoms with Crippen molar-refractivity contribution in [2.75, 3.05) is 13.2 Å². The zero-order chi connectivity index (χ0) is 48.6. The largest absolute Gasteiger partial charge is 0.466 e. The van der Waals surface area contributed by atoms with Crippen LogP contribution in [0.1, 0.15) is 328 Å². The monoisotopic (exact) mass is 944 g/mol. The number of unbranched alkanes of at least 4 members (excludes halogenated alkanes) is 41. The molecule has 3 N–H and O–H groups in total. The minimum absolute atomic E-state index is 0.0217. The predicted molar refractivity (Wildman–Crippen MR) is 292 cm³/mol. The van der Waals surface area contributed by atoms with Gasteiger partial charge in [0.2, 0.25) is 5.91 Å². The molecule has 2 atom stereocenters. The lowest BCUT2D eigenvalue weighted by Gasteiger charge is -2.22. The standard InChI is InChI=1S/C61H117NO5/c1-3-5-7-9-11-13-15-17-19-21-22-23-24-25-26-27-29-33-37-41-45-49-53-59(64)58(57-63)62-60(65)54-50-46-42-38-34-31-32-36-40-44-48-52-56-67-61(66)55-51-47-43-39-35-30-28-20-18-16-14-12-10-8-6-4-2/h14,16,20,28,58-59,63-64H,3-13,15,17-19,21-27,29-57H2,1-2H3,(H,62,65)/b16-14-,28-20-. The molecule has 0 aliphatic rings.